The molecule has 1 saturated carbocycles. The van der Waals surface area contributed by atoms with Crippen LogP contribution >= 0.6 is 0 Å². The van der Waals surface area contributed by atoms with Crippen LogP contribution in [0.5, 0.6) is 5.75 Å². The number of ether oxygens (including phenoxy) is 1. The van der Waals surface area contributed by atoms with Gasteiger partial charge in [-0.25, -0.2) is 9.97 Å². The number of nitrogens with one attached hydrogen (secondary N) is 2. The van der Waals surface area contributed by atoms with Crippen molar-refractivity contribution >= 4 is 22.8 Å². The lowest BCUT2D eigenvalue weighted by atomic mass is 10.0. The van der Waals surface area contributed by atoms with Crippen molar-refractivity contribution in [2.75, 3.05) is 13.2 Å². The number of benzene rings is 1. The Hall–Kier alpha value is -3.67. The summed E-state index contributed by atoms with van der Waals surface area (Å²) in [5, 5.41) is 12.6. The van der Waals surface area contributed by atoms with Crippen molar-refractivity contribution in [3.63, 3.8) is 0 Å². The molecule has 0 radical (unpaired) electrons. The number of aryl methyl sites for hydroxylation is 1. The van der Waals surface area contributed by atoms with E-state index in [-0.39, 0.29) is 46.7 Å². The lowest BCUT2D eigenvalue weighted by molar-refractivity contribution is -0.140. The van der Waals surface area contributed by atoms with E-state index in [2.05, 4.69) is 20.3 Å². The number of H-pyrrole nitrogens is 1. The maximum atomic E-state index is 13.6. The number of halogens is 3. The van der Waals surface area contributed by atoms with Crippen molar-refractivity contribution in [2.45, 2.75) is 64.4 Å². The zero-order chi connectivity index (χ0) is 28.1. The van der Waals surface area contributed by atoms with E-state index in [1.54, 1.807) is 6.92 Å². The largest absolute Gasteiger partial charge is 0.493 e. The number of carbonyl (C=O) groups excluding carboxylic acids is 2. The number of aliphatic hydroxyl groups is 1. The van der Waals surface area contributed by atoms with Crippen molar-refractivity contribution in [2.24, 2.45) is 5.92 Å². The van der Waals surface area contributed by atoms with Crippen LogP contribution in [0, 0.1) is 12.8 Å². The minimum Gasteiger partial charge on any atom is -0.493 e. The average molecular weight is 546 g/mol. The molecule has 3 heterocycles. The zero-order valence-corrected chi connectivity index (χ0v) is 21.8. The third kappa shape index (κ3) is 5.42. The van der Waals surface area contributed by atoms with Crippen LogP contribution in [0.3, 0.4) is 0 Å². The van der Waals surface area contributed by atoms with Gasteiger partial charge in [0.1, 0.15) is 29.4 Å². The van der Waals surface area contributed by atoms with Crippen molar-refractivity contribution in [1.29, 1.82) is 0 Å². The fourth-order valence-electron chi connectivity index (χ4n) is 5.05. The van der Waals surface area contributed by atoms with Crippen LogP contribution in [-0.2, 0) is 11.0 Å². The van der Waals surface area contributed by atoms with Crippen LogP contribution in [0.15, 0.2) is 24.5 Å². The first-order valence-electron chi connectivity index (χ1n) is 12.9. The number of rotatable bonds is 7. The van der Waals surface area contributed by atoms with Gasteiger partial charge < -0.3 is 25.0 Å². The number of nitrogens with zero attached hydrogens (tertiary/aromatic N) is 3. The fourth-order valence-corrected chi connectivity index (χ4v) is 5.05. The highest BCUT2D eigenvalue weighted by Crippen LogP contribution is 2.40. The molecular weight excluding hydrogens is 515 g/mol. The summed E-state index contributed by atoms with van der Waals surface area (Å²) in [7, 11) is 0. The first kappa shape index (κ1) is 26.9. The molecule has 9 nitrogen and oxygen atoms in total. The first-order valence-corrected chi connectivity index (χ1v) is 12.9. The molecular formula is C27H30F3N5O4. The summed E-state index contributed by atoms with van der Waals surface area (Å²) in [6.07, 6.45) is -1.93. The van der Waals surface area contributed by atoms with E-state index >= 15 is 0 Å². The van der Waals surface area contributed by atoms with Gasteiger partial charge in [0.25, 0.3) is 11.8 Å². The monoisotopic (exact) mass is 545 g/mol. The van der Waals surface area contributed by atoms with Crippen molar-refractivity contribution in [3.05, 3.63) is 41.3 Å². The molecule has 1 aliphatic heterocycles. The van der Waals surface area contributed by atoms with Crippen molar-refractivity contribution in [3.8, 4) is 17.0 Å². The molecule has 3 N–H and O–H groups in total. The molecule has 3 atom stereocenters. The highest BCUT2D eigenvalue weighted by molar-refractivity contribution is 6.09. The molecule has 2 aromatic heterocycles. The Balaban J connectivity index is 1.48. The van der Waals surface area contributed by atoms with Crippen LogP contribution < -0.4 is 10.1 Å². The Morgan fingerprint density at radius 2 is 2.03 bits per heavy atom. The number of fused-ring (bicyclic) bond motifs is 1. The molecule has 5 rings (SSSR count). The summed E-state index contributed by atoms with van der Waals surface area (Å²) in [4.78, 5) is 38.9. The van der Waals surface area contributed by atoms with Crippen molar-refractivity contribution < 1.29 is 32.6 Å². The van der Waals surface area contributed by atoms with Crippen LogP contribution in [0.1, 0.15) is 54.7 Å². The van der Waals surface area contributed by atoms with Gasteiger partial charge in [-0.1, -0.05) is 0 Å². The quantitative estimate of drug-likeness (QED) is 0.415. The van der Waals surface area contributed by atoms with Gasteiger partial charge in [0.2, 0.25) is 0 Å². The van der Waals surface area contributed by atoms with Gasteiger partial charge in [0.05, 0.1) is 23.3 Å². The van der Waals surface area contributed by atoms with E-state index < -0.39 is 29.7 Å². The second-order valence-corrected chi connectivity index (χ2v) is 10.5. The van der Waals surface area contributed by atoms with Gasteiger partial charge in [-0.3, -0.25) is 9.59 Å². The maximum Gasteiger partial charge on any atom is 0.416 e. The average Bonchev–Trinajstić information content (AvgIpc) is 3.54. The molecule has 1 saturated heterocycles. The van der Waals surface area contributed by atoms with Crippen molar-refractivity contribution in [1.82, 2.24) is 25.2 Å². The molecule has 1 aromatic carbocycles. The molecule has 0 bridgehead atoms. The SMILES string of the molecule is Cc1[nH]c2c(-c3cc(C(F)(F)F)ccc3OCC3CC3)ncnc2c1C(=O)N[C@@H]1C[C@H](C)N(C(=O)[C@H](C)O)C1. The molecule has 2 fully saturated rings. The minimum absolute atomic E-state index is 0.156. The van der Waals surface area contributed by atoms with Crippen LogP contribution in [0.25, 0.3) is 22.3 Å². The highest BCUT2D eigenvalue weighted by atomic mass is 19.4. The number of carbonyl (C=O) groups is 2. The van der Waals surface area contributed by atoms with E-state index in [0.29, 0.717) is 30.2 Å². The number of likely N-dealkylation sites (tertiary alicyclic amines) is 1. The van der Waals surface area contributed by atoms with E-state index in [4.69, 9.17) is 4.74 Å². The fraction of sp³-hybridized carbons (Fsp3) is 0.481. The second kappa shape index (κ2) is 10.1. The van der Waals surface area contributed by atoms with E-state index in [1.807, 2.05) is 6.92 Å². The Kier molecular flexibility index (Phi) is 7.00. The Morgan fingerprint density at radius 3 is 2.69 bits per heavy atom. The summed E-state index contributed by atoms with van der Waals surface area (Å²) in [5.74, 6) is -0.170. The summed E-state index contributed by atoms with van der Waals surface area (Å²) >= 11 is 0. The van der Waals surface area contributed by atoms with Gasteiger partial charge in [-0.2, -0.15) is 13.2 Å². The smallest absolute Gasteiger partial charge is 0.416 e. The Morgan fingerprint density at radius 1 is 1.28 bits per heavy atom. The van der Waals surface area contributed by atoms with Crippen LogP contribution in [-0.4, -0.2) is 68.1 Å². The van der Waals surface area contributed by atoms with Gasteiger partial charge in [-0.05, 0) is 64.2 Å². The van der Waals surface area contributed by atoms with Gasteiger partial charge >= 0.3 is 6.18 Å². The molecule has 2 aliphatic rings. The number of aliphatic hydroxyl groups excluding tert-OH is 1. The number of aromatic amines is 1. The third-order valence-corrected chi connectivity index (χ3v) is 7.28. The lowest BCUT2D eigenvalue weighted by Gasteiger charge is -2.22. The van der Waals surface area contributed by atoms with Gasteiger partial charge in [-0.15, -0.1) is 0 Å². The summed E-state index contributed by atoms with van der Waals surface area (Å²) < 4.78 is 46.7. The second-order valence-electron chi connectivity index (χ2n) is 10.5. The van der Waals surface area contributed by atoms with Crippen LogP contribution in [0.4, 0.5) is 13.2 Å². The van der Waals surface area contributed by atoms with E-state index in [0.717, 1.165) is 25.0 Å². The van der Waals surface area contributed by atoms with Crippen LogP contribution in [0.2, 0.25) is 0 Å². The Labute approximate surface area is 222 Å². The first-order chi connectivity index (χ1) is 18.4. The number of hydrogen-bond donors (Lipinski definition) is 3. The van der Waals surface area contributed by atoms with E-state index in [1.165, 1.54) is 24.2 Å². The summed E-state index contributed by atoms with van der Waals surface area (Å²) in [6, 6.07) is 2.79. The van der Waals surface area contributed by atoms with Gasteiger partial charge in [0.15, 0.2) is 0 Å². The lowest BCUT2D eigenvalue weighted by Crippen LogP contribution is -2.42. The molecule has 12 heteroatoms. The normalized spacial score (nSPS) is 20.3. The molecule has 1 aliphatic carbocycles. The zero-order valence-electron chi connectivity index (χ0n) is 21.8. The number of alkyl halides is 3. The standard InChI is InChI=1S/C27H30F3N5O4/c1-13-8-18(10-35(13)26(38)15(3)36)34-25(37)21-14(2)33-24-22(31-12-32-23(21)24)19-9-17(27(28,29)30)6-7-20(19)39-11-16-4-5-16/h6-7,9,12-13,15-16,18,33,36H,4-5,8,10-11H2,1-3H3,(H,34,37)/t13-,15-,18+/m0/s1. The molecule has 0 unspecified atom stereocenters. The van der Waals surface area contributed by atoms with Gasteiger partial charge in [0, 0.05) is 29.9 Å². The Bertz CT molecular complexity index is 1420. The third-order valence-electron chi connectivity index (χ3n) is 7.28. The highest BCUT2D eigenvalue weighted by Gasteiger charge is 2.36. The van der Waals surface area contributed by atoms with E-state index in [9.17, 15) is 27.9 Å². The molecule has 0 spiro atoms. The molecule has 2 amide bonds. The predicted octanol–water partition coefficient (Wildman–Crippen LogP) is 3.84. The minimum atomic E-state index is -4.56. The number of aromatic nitrogens is 3. The topological polar surface area (TPSA) is 120 Å². The number of hydrogen-bond acceptors (Lipinski definition) is 6. The molecule has 208 valence electrons. The summed E-state index contributed by atoms with van der Waals surface area (Å²) in [6.45, 7) is 5.58. The molecule has 39 heavy (non-hydrogen) atoms. The summed E-state index contributed by atoms with van der Waals surface area (Å²) in [5.41, 5.74) is 0.819. The molecule has 3 aromatic rings. The number of amides is 2. The predicted molar refractivity (Wildman–Crippen MR) is 136 cm³/mol. The maximum absolute atomic E-state index is 13.6.